The molecule has 1 unspecified atom stereocenters. The van der Waals surface area contributed by atoms with Crippen molar-refractivity contribution in [2.24, 2.45) is 5.92 Å². The standard InChI is InChI=1S/C17H21NO5S/c1-11(2)9-14(16(19)20)18(17(21)22)7-5-13-3-4-15(23-13)12-6-8-24-10-12/h3-4,6,8,10-11,14H,5,7,9H2,1-2H3,(H,19,20)(H,21,22). The van der Waals surface area contributed by atoms with Gasteiger partial charge in [-0.05, 0) is 35.9 Å². The third-order valence-corrected chi connectivity index (χ3v) is 4.35. The van der Waals surface area contributed by atoms with Gasteiger partial charge in [0.2, 0.25) is 0 Å². The molecule has 2 N–H and O–H groups in total. The van der Waals surface area contributed by atoms with E-state index in [4.69, 9.17) is 4.42 Å². The van der Waals surface area contributed by atoms with Gasteiger partial charge in [-0.3, -0.25) is 4.90 Å². The van der Waals surface area contributed by atoms with Crippen LogP contribution in [0.4, 0.5) is 4.79 Å². The molecule has 0 saturated heterocycles. The summed E-state index contributed by atoms with van der Waals surface area (Å²) < 4.78 is 5.72. The van der Waals surface area contributed by atoms with Crippen LogP contribution in [0, 0.1) is 5.92 Å². The van der Waals surface area contributed by atoms with Gasteiger partial charge in [-0.2, -0.15) is 11.3 Å². The normalized spacial score (nSPS) is 12.3. The molecule has 2 aromatic rings. The van der Waals surface area contributed by atoms with Crippen molar-refractivity contribution in [1.29, 1.82) is 0 Å². The number of thiophene rings is 1. The molecule has 2 heterocycles. The fraction of sp³-hybridized carbons (Fsp3) is 0.412. The third-order valence-electron chi connectivity index (χ3n) is 3.67. The van der Waals surface area contributed by atoms with Gasteiger partial charge < -0.3 is 14.6 Å². The van der Waals surface area contributed by atoms with Crippen LogP contribution in [-0.2, 0) is 11.2 Å². The zero-order valence-corrected chi connectivity index (χ0v) is 14.5. The van der Waals surface area contributed by atoms with Crippen molar-refractivity contribution in [2.45, 2.75) is 32.7 Å². The maximum Gasteiger partial charge on any atom is 0.408 e. The van der Waals surface area contributed by atoms with Gasteiger partial charge in [-0.25, -0.2) is 9.59 Å². The molecule has 1 amide bonds. The average Bonchev–Trinajstić information content (AvgIpc) is 3.16. The molecule has 1 atom stereocenters. The number of amides is 1. The van der Waals surface area contributed by atoms with Gasteiger partial charge in [0.05, 0.1) is 0 Å². The summed E-state index contributed by atoms with van der Waals surface area (Å²) in [6.45, 7) is 3.82. The van der Waals surface area contributed by atoms with Crippen LogP contribution in [0.15, 0.2) is 33.4 Å². The molecule has 0 aliphatic carbocycles. The number of hydrogen-bond donors (Lipinski definition) is 2. The van der Waals surface area contributed by atoms with Crippen LogP contribution >= 0.6 is 11.3 Å². The summed E-state index contributed by atoms with van der Waals surface area (Å²) in [4.78, 5) is 23.9. The molecular formula is C17H21NO5S. The van der Waals surface area contributed by atoms with Gasteiger partial charge in [0.1, 0.15) is 17.6 Å². The summed E-state index contributed by atoms with van der Waals surface area (Å²) in [6, 6.07) is 4.53. The van der Waals surface area contributed by atoms with Gasteiger partial charge in [0.15, 0.2) is 0 Å². The van der Waals surface area contributed by atoms with Crippen molar-refractivity contribution in [2.75, 3.05) is 6.54 Å². The van der Waals surface area contributed by atoms with Gasteiger partial charge >= 0.3 is 12.1 Å². The molecule has 0 fully saturated rings. The Kier molecular flexibility index (Phi) is 6.03. The Bertz CT molecular complexity index is 677. The fourth-order valence-corrected chi connectivity index (χ4v) is 3.14. The lowest BCUT2D eigenvalue weighted by molar-refractivity contribution is -0.143. The lowest BCUT2D eigenvalue weighted by Gasteiger charge is -2.27. The second kappa shape index (κ2) is 8.01. The van der Waals surface area contributed by atoms with Gasteiger partial charge in [0.25, 0.3) is 0 Å². The highest BCUT2D eigenvalue weighted by atomic mass is 32.1. The van der Waals surface area contributed by atoms with Crippen molar-refractivity contribution in [3.63, 3.8) is 0 Å². The van der Waals surface area contributed by atoms with E-state index >= 15 is 0 Å². The highest BCUT2D eigenvalue weighted by molar-refractivity contribution is 7.08. The maximum absolute atomic E-state index is 11.5. The summed E-state index contributed by atoms with van der Waals surface area (Å²) in [7, 11) is 0. The predicted octanol–water partition coefficient (Wildman–Crippen LogP) is 4.03. The van der Waals surface area contributed by atoms with Crippen LogP contribution in [-0.4, -0.2) is 39.8 Å². The first-order valence-electron chi connectivity index (χ1n) is 7.72. The molecule has 2 rings (SSSR count). The smallest absolute Gasteiger partial charge is 0.408 e. The van der Waals surface area contributed by atoms with Gasteiger partial charge in [-0.15, -0.1) is 0 Å². The second-order valence-electron chi connectivity index (χ2n) is 5.99. The monoisotopic (exact) mass is 351 g/mol. The quantitative estimate of drug-likeness (QED) is 0.749. The van der Waals surface area contributed by atoms with Crippen molar-refractivity contribution < 1.29 is 24.2 Å². The van der Waals surface area contributed by atoms with Crippen molar-refractivity contribution in [1.82, 2.24) is 4.90 Å². The van der Waals surface area contributed by atoms with E-state index in [0.717, 1.165) is 16.2 Å². The molecule has 0 radical (unpaired) electrons. The first-order chi connectivity index (χ1) is 11.4. The van der Waals surface area contributed by atoms with Crippen LogP contribution in [0.2, 0.25) is 0 Å². The average molecular weight is 351 g/mol. The van der Waals surface area contributed by atoms with Gasteiger partial charge in [-0.1, -0.05) is 13.8 Å². The molecule has 0 aliphatic rings. The lowest BCUT2D eigenvalue weighted by atomic mass is 10.0. The van der Waals surface area contributed by atoms with Crippen LogP contribution < -0.4 is 0 Å². The highest BCUT2D eigenvalue weighted by Crippen LogP contribution is 2.25. The van der Waals surface area contributed by atoms with Crippen LogP contribution in [0.25, 0.3) is 11.3 Å². The molecule has 0 aliphatic heterocycles. The molecule has 0 spiro atoms. The van der Waals surface area contributed by atoms with E-state index < -0.39 is 18.1 Å². The topological polar surface area (TPSA) is 91.0 Å². The first-order valence-corrected chi connectivity index (χ1v) is 8.66. The number of aliphatic carboxylic acids is 1. The summed E-state index contributed by atoms with van der Waals surface area (Å²) >= 11 is 1.57. The number of nitrogens with zero attached hydrogens (tertiary/aromatic N) is 1. The minimum Gasteiger partial charge on any atom is -0.480 e. The van der Waals surface area contributed by atoms with Crippen molar-refractivity contribution in [3.05, 3.63) is 34.7 Å². The zero-order valence-electron chi connectivity index (χ0n) is 13.6. The number of rotatable bonds is 8. The minimum absolute atomic E-state index is 0.0790. The Morgan fingerprint density at radius 2 is 2.00 bits per heavy atom. The number of carbonyl (C=O) groups is 2. The molecule has 130 valence electrons. The molecule has 24 heavy (non-hydrogen) atoms. The third kappa shape index (κ3) is 4.61. The fourth-order valence-electron chi connectivity index (χ4n) is 2.50. The molecular weight excluding hydrogens is 330 g/mol. The Morgan fingerprint density at radius 3 is 2.54 bits per heavy atom. The zero-order chi connectivity index (χ0) is 17.7. The van der Waals surface area contributed by atoms with Crippen molar-refractivity contribution in [3.8, 4) is 11.3 Å². The van der Waals surface area contributed by atoms with Gasteiger partial charge in [0, 0.05) is 23.9 Å². The highest BCUT2D eigenvalue weighted by Gasteiger charge is 2.30. The Hall–Kier alpha value is -2.28. The van der Waals surface area contributed by atoms with Crippen molar-refractivity contribution >= 4 is 23.4 Å². The molecule has 2 aromatic heterocycles. The number of furan rings is 1. The molecule has 0 aromatic carbocycles. The molecule has 7 heteroatoms. The molecule has 0 saturated carbocycles. The summed E-state index contributed by atoms with van der Waals surface area (Å²) in [5.74, 6) is 0.326. The van der Waals surface area contributed by atoms with Crippen LogP contribution in [0.1, 0.15) is 26.0 Å². The number of hydrogen-bond acceptors (Lipinski definition) is 4. The van der Waals surface area contributed by atoms with E-state index in [1.807, 2.05) is 36.7 Å². The van der Waals surface area contributed by atoms with E-state index in [0.29, 0.717) is 12.2 Å². The molecule has 0 bridgehead atoms. The predicted molar refractivity (Wildman–Crippen MR) is 91.3 cm³/mol. The first kappa shape index (κ1) is 18.1. The summed E-state index contributed by atoms with van der Waals surface area (Å²) in [5.41, 5.74) is 0.976. The van der Waals surface area contributed by atoms with E-state index in [-0.39, 0.29) is 18.9 Å². The Balaban J connectivity index is 2.05. The van der Waals surface area contributed by atoms with Crippen LogP contribution in [0.3, 0.4) is 0 Å². The summed E-state index contributed by atoms with van der Waals surface area (Å²) in [6.07, 6.45) is -0.620. The lowest BCUT2D eigenvalue weighted by Crippen LogP contribution is -2.46. The summed E-state index contributed by atoms with van der Waals surface area (Å²) in [5, 5.41) is 22.6. The van der Waals surface area contributed by atoms with E-state index in [1.54, 1.807) is 17.4 Å². The maximum atomic E-state index is 11.5. The Morgan fingerprint density at radius 1 is 1.25 bits per heavy atom. The van der Waals surface area contributed by atoms with Crippen LogP contribution in [0.5, 0.6) is 0 Å². The Labute approximate surface area is 144 Å². The SMILES string of the molecule is CC(C)CC(C(=O)O)N(CCc1ccc(-c2ccsc2)o1)C(=O)O. The van der Waals surface area contributed by atoms with E-state index in [1.165, 1.54) is 0 Å². The van der Waals surface area contributed by atoms with E-state index in [9.17, 15) is 19.8 Å². The second-order valence-corrected chi connectivity index (χ2v) is 6.77. The molecule has 6 nitrogen and oxygen atoms in total. The number of carboxylic acids is 1. The largest absolute Gasteiger partial charge is 0.480 e. The van der Waals surface area contributed by atoms with E-state index in [2.05, 4.69) is 0 Å². The number of carboxylic acid groups (broad SMARTS) is 2. The minimum atomic E-state index is -1.23.